The quantitative estimate of drug-likeness (QED) is 0.824. The Morgan fingerprint density at radius 2 is 2.27 bits per heavy atom. The van der Waals surface area contributed by atoms with Gasteiger partial charge in [-0.2, -0.15) is 0 Å². The van der Waals surface area contributed by atoms with Gasteiger partial charge in [0.15, 0.2) is 0 Å². The molecule has 0 bridgehead atoms. The second-order valence-electron chi connectivity index (χ2n) is 4.12. The first-order chi connectivity index (χ1) is 7.33. The first-order valence-corrected chi connectivity index (χ1v) is 5.86. The molecule has 2 unspecified atom stereocenters. The summed E-state index contributed by atoms with van der Waals surface area (Å²) in [5.74, 6) is 1.03. The van der Waals surface area contributed by atoms with Gasteiger partial charge in [-0.1, -0.05) is 29.8 Å². The third kappa shape index (κ3) is 2.33. The van der Waals surface area contributed by atoms with E-state index in [-0.39, 0.29) is 0 Å². The van der Waals surface area contributed by atoms with Crippen molar-refractivity contribution in [2.75, 3.05) is 19.6 Å². The van der Waals surface area contributed by atoms with E-state index in [1.165, 1.54) is 12.0 Å². The zero-order valence-corrected chi connectivity index (χ0v) is 9.50. The van der Waals surface area contributed by atoms with Crippen molar-refractivity contribution in [3.8, 4) is 0 Å². The summed E-state index contributed by atoms with van der Waals surface area (Å²) in [5, 5.41) is 4.22. The lowest BCUT2D eigenvalue weighted by Gasteiger charge is -2.22. The maximum Gasteiger partial charge on any atom is 0.0441 e. The Hall–Kier alpha value is -0.570. The summed E-state index contributed by atoms with van der Waals surface area (Å²) < 4.78 is 0. The van der Waals surface area contributed by atoms with Crippen LogP contribution in [-0.4, -0.2) is 19.6 Å². The van der Waals surface area contributed by atoms with Crippen molar-refractivity contribution < 1.29 is 0 Å². The Kier molecular flexibility index (Phi) is 3.62. The van der Waals surface area contributed by atoms with E-state index < -0.39 is 0 Å². The molecule has 1 aliphatic heterocycles. The molecule has 1 saturated heterocycles. The zero-order valence-electron chi connectivity index (χ0n) is 8.75. The van der Waals surface area contributed by atoms with Crippen LogP contribution < -0.4 is 11.1 Å². The molecule has 3 N–H and O–H groups in total. The molecule has 1 aromatic carbocycles. The Morgan fingerprint density at radius 3 is 2.87 bits per heavy atom. The van der Waals surface area contributed by atoms with Crippen molar-refractivity contribution in [1.29, 1.82) is 0 Å². The predicted molar refractivity (Wildman–Crippen MR) is 64.2 cm³/mol. The number of nitrogens with one attached hydrogen (secondary N) is 1. The molecule has 2 nitrogen and oxygen atoms in total. The van der Waals surface area contributed by atoms with Crippen molar-refractivity contribution in [3.05, 3.63) is 34.9 Å². The maximum atomic E-state index is 6.20. The molecule has 0 aromatic heterocycles. The second-order valence-corrected chi connectivity index (χ2v) is 4.52. The Bertz CT molecular complexity index is 321. The van der Waals surface area contributed by atoms with Crippen LogP contribution in [0.2, 0.25) is 5.02 Å². The molecule has 82 valence electrons. The molecule has 15 heavy (non-hydrogen) atoms. The molecule has 1 aromatic rings. The van der Waals surface area contributed by atoms with Crippen LogP contribution in [0, 0.1) is 5.92 Å². The highest BCUT2D eigenvalue weighted by Crippen LogP contribution is 2.32. The van der Waals surface area contributed by atoms with Crippen molar-refractivity contribution >= 4 is 11.6 Å². The molecule has 3 heteroatoms. The van der Waals surface area contributed by atoms with Crippen LogP contribution in [0.3, 0.4) is 0 Å². The highest BCUT2D eigenvalue weighted by molar-refractivity contribution is 6.31. The summed E-state index contributed by atoms with van der Waals surface area (Å²) in [6.45, 7) is 2.84. The van der Waals surface area contributed by atoms with Crippen LogP contribution in [0.25, 0.3) is 0 Å². The van der Waals surface area contributed by atoms with Gasteiger partial charge in [0.25, 0.3) is 0 Å². The van der Waals surface area contributed by atoms with Crippen molar-refractivity contribution in [1.82, 2.24) is 5.32 Å². The average molecular weight is 225 g/mol. The minimum absolute atomic E-state index is 0.397. The number of rotatable bonds is 3. The number of hydrogen-bond acceptors (Lipinski definition) is 2. The molecule has 2 atom stereocenters. The van der Waals surface area contributed by atoms with Gasteiger partial charge in [0.05, 0.1) is 0 Å². The van der Waals surface area contributed by atoms with Gasteiger partial charge in [-0.25, -0.2) is 0 Å². The van der Waals surface area contributed by atoms with Crippen LogP contribution >= 0.6 is 11.6 Å². The first kappa shape index (κ1) is 10.9. The fourth-order valence-corrected chi connectivity index (χ4v) is 2.65. The standard InChI is InChI=1S/C12H17ClN2/c13-12-4-2-1-3-10(12)11(7-14)9-5-6-15-8-9/h1-4,9,11,15H,5-8,14H2. The first-order valence-electron chi connectivity index (χ1n) is 5.48. The topological polar surface area (TPSA) is 38.0 Å². The van der Waals surface area contributed by atoms with Crippen LogP contribution in [-0.2, 0) is 0 Å². The Balaban J connectivity index is 2.22. The van der Waals surface area contributed by atoms with E-state index in [1.807, 2.05) is 18.2 Å². The third-order valence-electron chi connectivity index (χ3n) is 3.23. The SMILES string of the molecule is NCC(c1ccccc1Cl)C1CCNC1. The summed E-state index contributed by atoms with van der Waals surface area (Å²) in [6.07, 6.45) is 1.20. The lowest BCUT2D eigenvalue weighted by atomic mass is 9.85. The summed E-state index contributed by atoms with van der Waals surface area (Å²) >= 11 is 6.20. The lowest BCUT2D eigenvalue weighted by molar-refractivity contribution is 0.465. The number of hydrogen-bond donors (Lipinski definition) is 2. The van der Waals surface area contributed by atoms with Gasteiger partial charge >= 0.3 is 0 Å². The minimum atomic E-state index is 0.397. The van der Waals surface area contributed by atoms with Gasteiger partial charge < -0.3 is 11.1 Å². The second kappa shape index (κ2) is 4.97. The molecule has 0 aliphatic carbocycles. The van der Waals surface area contributed by atoms with E-state index in [4.69, 9.17) is 17.3 Å². The molecule has 2 rings (SSSR count). The molecule has 0 amide bonds. The minimum Gasteiger partial charge on any atom is -0.330 e. The summed E-state index contributed by atoms with van der Waals surface area (Å²) in [7, 11) is 0. The lowest BCUT2D eigenvalue weighted by Crippen LogP contribution is -2.23. The highest BCUT2D eigenvalue weighted by atomic mass is 35.5. The maximum absolute atomic E-state index is 6.20. The molecule has 0 radical (unpaired) electrons. The predicted octanol–water partition coefficient (Wildman–Crippen LogP) is 1.99. The fourth-order valence-electron chi connectivity index (χ4n) is 2.37. The summed E-state index contributed by atoms with van der Waals surface area (Å²) in [5.41, 5.74) is 7.07. The molecule has 0 spiro atoms. The van der Waals surface area contributed by atoms with Gasteiger partial charge in [-0.05, 0) is 43.6 Å². The van der Waals surface area contributed by atoms with Crippen LogP contribution in [0.1, 0.15) is 17.9 Å². The van der Waals surface area contributed by atoms with Crippen LogP contribution in [0.4, 0.5) is 0 Å². The van der Waals surface area contributed by atoms with Gasteiger partial charge in [0, 0.05) is 10.9 Å². The number of halogens is 1. The molecular weight excluding hydrogens is 208 g/mol. The number of benzene rings is 1. The van der Waals surface area contributed by atoms with Gasteiger partial charge in [-0.15, -0.1) is 0 Å². The van der Waals surface area contributed by atoms with Crippen LogP contribution in [0.15, 0.2) is 24.3 Å². The van der Waals surface area contributed by atoms with E-state index in [0.717, 1.165) is 18.1 Å². The van der Waals surface area contributed by atoms with E-state index in [2.05, 4.69) is 11.4 Å². The summed E-state index contributed by atoms with van der Waals surface area (Å²) in [6, 6.07) is 8.04. The molecule has 1 heterocycles. The molecule has 0 saturated carbocycles. The van der Waals surface area contributed by atoms with E-state index in [1.54, 1.807) is 0 Å². The molecular formula is C12H17ClN2. The number of nitrogens with two attached hydrogens (primary N) is 1. The van der Waals surface area contributed by atoms with Crippen LogP contribution in [0.5, 0.6) is 0 Å². The normalized spacial score (nSPS) is 22.9. The van der Waals surface area contributed by atoms with Gasteiger partial charge in [-0.3, -0.25) is 0 Å². The monoisotopic (exact) mass is 224 g/mol. The summed E-state index contributed by atoms with van der Waals surface area (Å²) in [4.78, 5) is 0. The van der Waals surface area contributed by atoms with E-state index in [9.17, 15) is 0 Å². The van der Waals surface area contributed by atoms with Crippen molar-refractivity contribution in [2.24, 2.45) is 11.7 Å². The largest absolute Gasteiger partial charge is 0.330 e. The van der Waals surface area contributed by atoms with Gasteiger partial charge in [0.1, 0.15) is 0 Å². The van der Waals surface area contributed by atoms with Crippen molar-refractivity contribution in [2.45, 2.75) is 12.3 Å². The average Bonchev–Trinajstić information content (AvgIpc) is 2.75. The van der Waals surface area contributed by atoms with E-state index in [0.29, 0.717) is 18.4 Å². The highest BCUT2D eigenvalue weighted by Gasteiger charge is 2.26. The molecule has 1 aliphatic rings. The fraction of sp³-hybridized carbons (Fsp3) is 0.500. The van der Waals surface area contributed by atoms with E-state index >= 15 is 0 Å². The smallest absolute Gasteiger partial charge is 0.0441 e. The Labute approximate surface area is 95.8 Å². The Morgan fingerprint density at radius 1 is 1.47 bits per heavy atom. The molecule has 1 fully saturated rings. The zero-order chi connectivity index (χ0) is 10.7. The third-order valence-corrected chi connectivity index (χ3v) is 3.57. The van der Waals surface area contributed by atoms with Gasteiger partial charge in [0.2, 0.25) is 0 Å². The van der Waals surface area contributed by atoms with Crippen molar-refractivity contribution in [3.63, 3.8) is 0 Å².